The van der Waals surface area contributed by atoms with Gasteiger partial charge in [-0.25, -0.2) is 8.42 Å². The molecule has 0 aromatic heterocycles. The van der Waals surface area contributed by atoms with Crippen molar-refractivity contribution in [3.8, 4) is 0 Å². The van der Waals surface area contributed by atoms with E-state index in [1.165, 1.54) is 24.1 Å². The number of benzene rings is 1. The molecule has 0 aliphatic rings. The van der Waals surface area contributed by atoms with Crippen molar-refractivity contribution in [3.05, 3.63) is 29.3 Å². The highest BCUT2D eigenvalue weighted by Crippen LogP contribution is 2.34. The minimum atomic E-state index is -4.56. The van der Waals surface area contributed by atoms with Gasteiger partial charge in [0.1, 0.15) is 9.84 Å². The number of aliphatic hydroxyl groups excluding tert-OH is 1. The van der Waals surface area contributed by atoms with E-state index < -0.39 is 28.2 Å². The first kappa shape index (κ1) is 16.8. The average Bonchev–Trinajstić information content (AvgIpc) is 2.33. The van der Waals surface area contributed by atoms with Crippen molar-refractivity contribution in [1.29, 1.82) is 0 Å². The zero-order chi connectivity index (χ0) is 15.6. The maximum atomic E-state index is 12.8. The maximum absolute atomic E-state index is 12.8. The molecule has 114 valence electrons. The Morgan fingerprint density at radius 3 is 2.35 bits per heavy atom. The quantitative estimate of drug-likeness (QED) is 0.899. The summed E-state index contributed by atoms with van der Waals surface area (Å²) in [5.41, 5.74) is -0.875. The maximum Gasteiger partial charge on any atom is 0.416 e. The molecule has 0 radical (unpaired) electrons. The minimum Gasteiger partial charge on any atom is -0.392 e. The fourth-order valence-corrected chi connectivity index (χ4v) is 2.24. The van der Waals surface area contributed by atoms with Gasteiger partial charge in [0, 0.05) is 25.5 Å². The van der Waals surface area contributed by atoms with Gasteiger partial charge in [-0.3, -0.25) is 0 Å². The zero-order valence-electron chi connectivity index (χ0n) is 11.1. The third kappa shape index (κ3) is 4.68. The van der Waals surface area contributed by atoms with Crippen LogP contribution < -0.4 is 4.90 Å². The van der Waals surface area contributed by atoms with Gasteiger partial charge in [0.2, 0.25) is 0 Å². The van der Waals surface area contributed by atoms with Crippen molar-refractivity contribution >= 4 is 15.5 Å². The molecule has 0 amide bonds. The van der Waals surface area contributed by atoms with E-state index in [0.29, 0.717) is 0 Å². The third-order valence-corrected chi connectivity index (χ3v) is 3.73. The number of anilines is 1. The predicted octanol–water partition coefficient (Wildman–Crippen LogP) is 1.68. The minimum absolute atomic E-state index is 0.0919. The van der Waals surface area contributed by atoms with Crippen LogP contribution >= 0.6 is 0 Å². The molecule has 0 unspecified atom stereocenters. The molecule has 0 saturated heterocycles. The summed E-state index contributed by atoms with van der Waals surface area (Å²) >= 11 is 0. The molecule has 0 saturated carbocycles. The van der Waals surface area contributed by atoms with Crippen LogP contribution in [0.1, 0.15) is 11.1 Å². The predicted molar refractivity (Wildman–Crippen MR) is 70.3 cm³/mol. The Hall–Kier alpha value is -1.28. The summed E-state index contributed by atoms with van der Waals surface area (Å²) in [5, 5.41) is 8.93. The van der Waals surface area contributed by atoms with E-state index in [0.717, 1.165) is 12.3 Å². The molecule has 0 aliphatic heterocycles. The Labute approximate surface area is 115 Å². The molecule has 1 N–H and O–H groups in total. The van der Waals surface area contributed by atoms with Crippen LogP contribution in [0.4, 0.5) is 18.9 Å². The van der Waals surface area contributed by atoms with Crippen molar-refractivity contribution in [2.24, 2.45) is 0 Å². The average molecular weight is 311 g/mol. The lowest BCUT2D eigenvalue weighted by Crippen LogP contribution is -2.25. The SMILES string of the molecule is CN(CCS(C)(=O)=O)c1ccc(CO)c(C(F)(F)F)c1. The molecular formula is C12H16F3NO3S. The van der Waals surface area contributed by atoms with E-state index in [1.807, 2.05) is 0 Å². The molecule has 0 fully saturated rings. The zero-order valence-corrected chi connectivity index (χ0v) is 11.9. The largest absolute Gasteiger partial charge is 0.416 e. The second kappa shape index (κ2) is 6.01. The standard InChI is InChI=1S/C12H16F3NO3S/c1-16(5-6-20(2,18)19)10-4-3-9(8-17)11(7-10)12(13,14)15/h3-4,7,17H,5-6,8H2,1-2H3. The summed E-state index contributed by atoms with van der Waals surface area (Å²) < 4.78 is 60.6. The van der Waals surface area contributed by atoms with Crippen LogP contribution in [0.3, 0.4) is 0 Å². The van der Waals surface area contributed by atoms with Crippen molar-refractivity contribution in [2.75, 3.05) is 30.5 Å². The summed E-state index contributed by atoms with van der Waals surface area (Å²) in [4.78, 5) is 1.43. The molecule has 0 spiro atoms. The smallest absolute Gasteiger partial charge is 0.392 e. The van der Waals surface area contributed by atoms with E-state index in [1.54, 1.807) is 0 Å². The second-order valence-corrected chi connectivity index (χ2v) is 6.81. The summed E-state index contributed by atoms with van der Waals surface area (Å²) in [7, 11) is -1.67. The van der Waals surface area contributed by atoms with E-state index in [9.17, 15) is 21.6 Å². The monoisotopic (exact) mass is 311 g/mol. The summed E-state index contributed by atoms with van der Waals surface area (Å²) in [5.74, 6) is -0.146. The molecule has 20 heavy (non-hydrogen) atoms. The normalized spacial score (nSPS) is 12.5. The Bertz CT molecular complexity index is 570. The molecule has 4 nitrogen and oxygen atoms in total. The molecule has 0 bridgehead atoms. The molecule has 0 heterocycles. The number of rotatable bonds is 5. The number of aliphatic hydroxyl groups is 1. The van der Waals surface area contributed by atoms with E-state index in [-0.39, 0.29) is 23.5 Å². The van der Waals surface area contributed by atoms with Crippen LogP contribution in [0.5, 0.6) is 0 Å². The van der Waals surface area contributed by atoms with Crippen LogP contribution in [0.25, 0.3) is 0 Å². The number of sulfone groups is 1. The number of alkyl halides is 3. The van der Waals surface area contributed by atoms with E-state index >= 15 is 0 Å². The first-order chi connectivity index (χ1) is 9.04. The van der Waals surface area contributed by atoms with Crippen LogP contribution in [0.15, 0.2) is 18.2 Å². The molecule has 1 aromatic rings. The summed E-state index contributed by atoms with van der Waals surface area (Å²) in [6.07, 6.45) is -3.50. The van der Waals surface area contributed by atoms with Crippen molar-refractivity contribution in [3.63, 3.8) is 0 Å². The highest BCUT2D eigenvalue weighted by Gasteiger charge is 2.33. The van der Waals surface area contributed by atoms with Gasteiger partial charge in [0.15, 0.2) is 0 Å². The molecule has 0 atom stereocenters. The Morgan fingerprint density at radius 1 is 1.30 bits per heavy atom. The van der Waals surface area contributed by atoms with Gasteiger partial charge in [0.25, 0.3) is 0 Å². The summed E-state index contributed by atoms with van der Waals surface area (Å²) in [6, 6.07) is 3.52. The molecule has 8 heteroatoms. The molecule has 1 rings (SSSR count). The highest BCUT2D eigenvalue weighted by molar-refractivity contribution is 7.90. The molecule has 0 aliphatic carbocycles. The number of hydrogen-bond donors (Lipinski definition) is 1. The van der Waals surface area contributed by atoms with Crippen LogP contribution in [-0.2, 0) is 22.6 Å². The van der Waals surface area contributed by atoms with Gasteiger partial charge >= 0.3 is 6.18 Å². The molecular weight excluding hydrogens is 295 g/mol. The number of nitrogens with zero attached hydrogens (tertiary/aromatic N) is 1. The lowest BCUT2D eigenvalue weighted by atomic mass is 10.1. The van der Waals surface area contributed by atoms with E-state index in [2.05, 4.69) is 0 Å². The van der Waals surface area contributed by atoms with Crippen molar-refractivity contribution in [1.82, 2.24) is 0 Å². The number of halogens is 3. The van der Waals surface area contributed by atoms with Crippen molar-refractivity contribution in [2.45, 2.75) is 12.8 Å². The highest BCUT2D eigenvalue weighted by atomic mass is 32.2. The second-order valence-electron chi connectivity index (χ2n) is 4.55. The fourth-order valence-electron chi connectivity index (χ4n) is 1.64. The van der Waals surface area contributed by atoms with Crippen LogP contribution in [-0.4, -0.2) is 39.1 Å². The summed E-state index contributed by atoms with van der Waals surface area (Å²) in [6.45, 7) is -0.614. The Morgan fingerprint density at radius 2 is 1.90 bits per heavy atom. The van der Waals surface area contributed by atoms with Gasteiger partial charge in [-0.1, -0.05) is 6.07 Å². The fraction of sp³-hybridized carbons (Fsp3) is 0.500. The lowest BCUT2D eigenvalue weighted by Gasteiger charge is -2.21. The lowest BCUT2D eigenvalue weighted by molar-refractivity contribution is -0.138. The van der Waals surface area contributed by atoms with Gasteiger partial charge in [-0.2, -0.15) is 13.2 Å². The van der Waals surface area contributed by atoms with Crippen LogP contribution in [0.2, 0.25) is 0 Å². The molecule has 1 aromatic carbocycles. The topological polar surface area (TPSA) is 57.6 Å². The first-order valence-electron chi connectivity index (χ1n) is 5.74. The van der Waals surface area contributed by atoms with Gasteiger partial charge in [-0.15, -0.1) is 0 Å². The Balaban J connectivity index is 3.03. The van der Waals surface area contributed by atoms with E-state index in [4.69, 9.17) is 5.11 Å². The van der Waals surface area contributed by atoms with Gasteiger partial charge < -0.3 is 10.0 Å². The Kier molecular flexibility index (Phi) is 5.04. The van der Waals surface area contributed by atoms with Gasteiger partial charge in [-0.05, 0) is 17.7 Å². The third-order valence-electron chi connectivity index (χ3n) is 2.81. The first-order valence-corrected chi connectivity index (χ1v) is 7.80. The van der Waals surface area contributed by atoms with Crippen molar-refractivity contribution < 1.29 is 26.7 Å². The van der Waals surface area contributed by atoms with Crippen LogP contribution in [0, 0.1) is 0 Å². The number of hydrogen-bond acceptors (Lipinski definition) is 4. The van der Waals surface area contributed by atoms with Gasteiger partial charge in [0.05, 0.1) is 17.9 Å².